The normalized spacial score (nSPS) is 14.9. The highest BCUT2D eigenvalue weighted by atomic mass is 32.1. The number of hydrogen-bond donors (Lipinski definition) is 0. The van der Waals surface area contributed by atoms with E-state index in [1.54, 1.807) is 11.3 Å². The highest BCUT2D eigenvalue weighted by Crippen LogP contribution is 2.63. The van der Waals surface area contributed by atoms with Crippen LogP contribution in [-0.4, -0.2) is 0 Å². The SMILES string of the molecule is CC1(C)c2ccccc2-c2ccc(N(c3ccc4c(c3)C3(c5ccccc5-c5ccccc53)c3ccccc3-4)c3ccc4ccsc4c3)cc21. The van der Waals surface area contributed by atoms with Crippen LogP contribution >= 0.6 is 11.3 Å². The Morgan fingerprint density at radius 2 is 0.840 bits per heavy atom. The summed E-state index contributed by atoms with van der Waals surface area (Å²) in [7, 11) is 0. The van der Waals surface area contributed by atoms with E-state index >= 15 is 0 Å². The summed E-state index contributed by atoms with van der Waals surface area (Å²) in [5, 5.41) is 3.48. The summed E-state index contributed by atoms with van der Waals surface area (Å²) in [5.74, 6) is 0. The Bertz CT molecular complexity index is 2650. The molecule has 1 nitrogen and oxygen atoms in total. The summed E-state index contributed by atoms with van der Waals surface area (Å²) >= 11 is 1.81. The van der Waals surface area contributed by atoms with Gasteiger partial charge in [0.25, 0.3) is 0 Å². The maximum Gasteiger partial charge on any atom is 0.0726 e. The fourth-order valence-corrected chi connectivity index (χ4v) is 10.4. The lowest BCUT2D eigenvalue weighted by molar-refractivity contribution is 0.660. The number of anilines is 3. The molecule has 50 heavy (non-hydrogen) atoms. The molecular weight excluding hydrogens is 623 g/mol. The third-order valence-corrected chi connectivity index (χ3v) is 12.6. The molecule has 0 saturated carbocycles. The average Bonchev–Trinajstić information content (AvgIpc) is 3.89. The number of benzene rings is 7. The molecule has 1 heterocycles. The minimum atomic E-state index is -0.389. The lowest BCUT2D eigenvalue weighted by atomic mass is 9.70. The Morgan fingerprint density at radius 3 is 1.44 bits per heavy atom. The first-order valence-electron chi connectivity index (χ1n) is 17.5. The molecule has 0 unspecified atom stereocenters. The van der Waals surface area contributed by atoms with E-state index in [1.807, 2.05) is 0 Å². The molecule has 0 atom stereocenters. The van der Waals surface area contributed by atoms with E-state index in [0.29, 0.717) is 0 Å². The Labute approximate surface area is 296 Å². The van der Waals surface area contributed by atoms with E-state index in [4.69, 9.17) is 0 Å². The number of thiophene rings is 1. The molecule has 3 aliphatic carbocycles. The third kappa shape index (κ3) is 3.51. The summed E-state index contributed by atoms with van der Waals surface area (Å²) < 4.78 is 1.30. The zero-order valence-electron chi connectivity index (χ0n) is 27.9. The molecule has 0 amide bonds. The fourth-order valence-electron chi connectivity index (χ4n) is 9.58. The number of rotatable bonds is 3. The number of fused-ring (bicyclic) bond motifs is 14. The summed E-state index contributed by atoms with van der Waals surface area (Å²) in [6, 6.07) is 59.6. The minimum Gasteiger partial charge on any atom is -0.310 e. The third-order valence-electron chi connectivity index (χ3n) is 11.8. The lowest BCUT2D eigenvalue weighted by Gasteiger charge is -2.32. The van der Waals surface area contributed by atoms with Gasteiger partial charge in [0, 0.05) is 27.2 Å². The summed E-state index contributed by atoms with van der Waals surface area (Å²) in [4.78, 5) is 2.49. The largest absolute Gasteiger partial charge is 0.310 e. The first kappa shape index (κ1) is 28.2. The van der Waals surface area contributed by atoms with E-state index in [0.717, 1.165) is 0 Å². The highest BCUT2D eigenvalue weighted by molar-refractivity contribution is 7.17. The van der Waals surface area contributed by atoms with Gasteiger partial charge in [0.05, 0.1) is 5.41 Å². The van der Waals surface area contributed by atoms with Crippen molar-refractivity contribution in [1.29, 1.82) is 0 Å². The topological polar surface area (TPSA) is 3.24 Å². The molecule has 0 fully saturated rings. The van der Waals surface area contributed by atoms with E-state index in [9.17, 15) is 0 Å². The summed E-state index contributed by atoms with van der Waals surface area (Å²) in [6.07, 6.45) is 0. The standard InChI is InChI=1S/C48H33NS/c1-47(2)40-15-7-3-11-34(40)38-23-21-31(27-44(38)47)49(33-20-19-30-25-26-50-46(30)29-33)32-22-24-39-37-14-6-10-18-43(37)48(45(39)28-32)41-16-8-4-12-35(41)36-13-5-9-17-42(36)48/h3-29H,1-2H3. The van der Waals surface area contributed by atoms with Crippen LogP contribution in [0, 0.1) is 0 Å². The van der Waals surface area contributed by atoms with Crippen molar-refractivity contribution in [1.82, 2.24) is 0 Å². The second kappa shape index (κ2) is 9.94. The first-order valence-corrected chi connectivity index (χ1v) is 18.4. The molecule has 236 valence electrons. The summed E-state index contributed by atoms with van der Waals surface area (Å²) in [5.41, 5.74) is 19.3. The van der Waals surface area contributed by atoms with E-state index < -0.39 is 0 Å². The van der Waals surface area contributed by atoms with Crippen molar-refractivity contribution in [2.75, 3.05) is 4.90 Å². The van der Waals surface area contributed by atoms with Gasteiger partial charge in [-0.05, 0) is 120 Å². The summed E-state index contributed by atoms with van der Waals surface area (Å²) in [6.45, 7) is 4.74. The quantitative estimate of drug-likeness (QED) is 0.183. The second-order valence-corrected chi connectivity index (χ2v) is 15.4. The van der Waals surface area contributed by atoms with E-state index in [-0.39, 0.29) is 10.8 Å². The van der Waals surface area contributed by atoms with Gasteiger partial charge in [-0.15, -0.1) is 11.3 Å². The van der Waals surface area contributed by atoms with Crippen LogP contribution in [0.2, 0.25) is 0 Å². The Morgan fingerprint density at radius 1 is 0.400 bits per heavy atom. The molecule has 11 rings (SSSR count). The van der Waals surface area contributed by atoms with E-state index in [1.165, 1.54) is 93.9 Å². The first-order chi connectivity index (χ1) is 24.5. The van der Waals surface area contributed by atoms with Gasteiger partial charge in [-0.3, -0.25) is 0 Å². The molecule has 7 aromatic carbocycles. The van der Waals surface area contributed by atoms with Crippen LogP contribution in [0.25, 0.3) is 43.5 Å². The van der Waals surface area contributed by atoms with Gasteiger partial charge in [-0.1, -0.05) is 129 Å². The molecule has 0 radical (unpaired) electrons. The molecule has 3 aliphatic rings. The zero-order chi connectivity index (χ0) is 33.2. The Balaban J connectivity index is 1.18. The lowest BCUT2D eigenvalue weighted by Crippen LogP contribution is -2.26. The fraction of sp³-hybridized carbons (Fsp3) is 0.0833. The van der Waals surface area contributed by atoms with Crippen molar-refractivity contribution >= 4 is 38.5 Å². The van der Waals surface area contributed by atoms with Crippen LogP contribution in [0.3, 0.4) is 0 Å². The maximum atomic E-state index is 2.50. The van der Waals surface area contributed by atoms with Gasteiger partial charge >= 0.3 is 0 Å². The number of nitrogens with zero attached hydrogens (tertiary/aromatic N) is 1. The average molecular weight is 656 g/mol. The van der Waals surface area contributed by atoms with Crippen molar-refractivity contribution < 1.29 is 0 Å². The maximum absolute atomic E-state index is 2.50. The van der Waals surface area contributed by atoms with Gasteiger partial charge in [0.1, 0.15) is 0 Å². The van der Waals surface area contributed by atoms with Crippen LogP contribution in [0.5, 0.6) is 0 Å². The van der Waals surface area contributed by atoms with E-state index in [2.05, 4.69) is 182 Å². The monoisotopic (exact) mass is 655 g/mol. The Hall–Kier alpha value is -5.70. The van der Waals surface area contributed by atoms with Crippen LogP contribution in [0.4, 0.5) is 17.1 Å². The van der Waals surface area contributed by atoms with Crippen molar-refractivity contribution in [3.05, 3.63) is 196 Å². The molecule has 1 spiro atoms. The van der Waals surface area contributed by atoms with Crippen molar-refractivity contribution in [2.24, 2.45) is 0 Å². The van der Waals surface area contributed by atoms with Crippen molar-refractivity contribution in [2.45, 2.75) is 24.7 Å². The van der Waals surface area contributed by atoms with Gasteiger partial charge in [-0.2, -0.15) is 0 Å². The molecule has 8 aromatic rings. The van der Waals surface area contributed by atoms with Crippen molar-refractivity contribution in [3.8, 4) is 33.4 Å². The minimum absolute atomic E-state index is 0.0911. The van der Waals surface area contributed by atoms with Crippen LogP contribution < -0.4 is 4.90 Å². The molecule has 0 aliphatic heterocycles. The molecule has 0 saturated heterocycles. The highest BCUT2D eigenvalue weighted by Gasteiger charge is 2.51. The van der Waals surface area contributed by atoms with Crippen molar-refractivity contribution in [3.63, 3.8) is 0 Å². The molecule has 0 N–H and O–H groups in total. The molecule has 2 heteroatoms. The van der Waals surface area contributed by atoms with Gasteiger partial charge in [-0.25, -0.2) is 0 Å². The van der Waals surface area contributed by atoms with Crippen LogP contribution in [0.1, 0.15) is 47.2 Å². The second-order valence-electron chi connectivity index (χ2n) is 14.5. The molecular formula is C48H33NS. The van der Waals surface area contributed by atoms with Gasteiger partial charge < -0.3 is 4.90 Å². The predicted octanol–water partition coefficient (Wildman–Crippen LogP) is 13.0. The zero-order valence-corrected chi connectivity index (χ0v) is 28.8. The van der Waals surface area contributed by atoms with Gasteiger partial charge in [0.2, 0.25) is 0 Å². The van der Waals surface area contributed by atoms with Crippen LogP contribution in [-0.2, 0) is 10.8 Å². The molecule has 0 bridgehead atoms. The smallest absolute Gasteiger partial charge is 0.0726 e. The Kier molecular flexibility index (Phi) is 5.60. The van der Waals surface area contributed by atoms with Gasteiger partial charge in [0.15, 0.2) is 0 Å². The molecule has 1 aromatic heterocycles. The predicted molar refractivity (Wildman–Crippen MR) is 210 cm³/mol. The number of hydrogen-bond acceptors (Lipinski definition) is 2. The van der Waals surface area contributed by atoms with Crippen LogP contribution in [0.15, 0.2) is 163 Å².